The molecule has 6 nitrogen and oxygen atoms in total. The fourth-order valence-corrected chi connectivity index (χ4v) is 3.18. The molecular formula is C14H25N3O3. The van der Waals surface area contributed by atoms with Gasteiger partial charge < -0.3 is 19.8 Å². The van der Waals surface area contributed by atoms with Crippen molar-refractivity contribution in [3.63, 3.8) is 0 Å². The normalized spacial score (nSPS) is 32.2. The second-order valence-corrected chi connectivity index (χ2v) is 6.15. The molecule has 20 heavy (non-hydrogen) atoms. The number of carboxylic acids is 1. The molecule has 114 valence electrons. The maximum Gasteiger partial charge on any atom is 0.326 e. The summed E-state index contributed by atoms with van der Waals surface area (Å²) in [5.74, 6) is -0.859. The molecule has 0 aromatic carbocycles. The zero-order valence-electron chi connectivity index (χ0n) is 12.6. The summed E-state index contributed by atoms with van der Waals surface area (Å²) >= 11 is 0. The largest absolute Gasteiger partial charge is 0.480 e. The van der Waals surface area contributed by atoms with Gasteiger partial charge in [0.05, 0.1) is 0 Å². The van der Waals surface area contributed by atoms with Crippen molar-refractivity contribution < 1.29 is 14.7 Å². The Balaban J connectivity index is 2.08. The molecule has 2 saturated heterocycles. The number of nitrogens with zero attached hydrogens (tertiary/aromatic N) is 3. The summed E-state index contributed by atoms with van der Waals surface area (Å²) in [5.41, 5.74) is 0. The van der Waals surface area contributed by atoms with Crippen molar-refractivity contribution >= 4 is 12.0 Å². The molecule has 6 heteroatoms. The molecule has 2 aliphatic rings. The molecular weight excluding hydrogens is 258 g/mol. The highest BCUT2D eigenvalue weighted by Gasteiger charge is 2.39. The van der Waals surface area contributed by atoms with Gasteiger partial charge in [-0.25, -0.2) is 9.59 Å². The Morgan fingerprint density at radius 2 is 1.85 bits per heavy atom. The van der Waals surface area contributed by atoms with Gasteiger partial charge in [0.25, 0.3) is 0 Å². The first-order valence-electron chi connectivity index (χ1n) is 7.40. The van der Waals surface area contributed by atoms with Crippen LogP contribution in [0.4, 0.5) is 4.79 Å². The van der Waals surface area contributed by atoms with E-state index < -0.39 is 12.0 Å². The average Bonchev–Trinajstić information content (AvgIpc) is 2.40. The van der Waals surface area contributed by atoms with Crippen LogP contribution in [0.15, 0.2) is 0 Å². The number of hydrogen-bond donors (Lipinski definition) is 1. The van der Waals surface area contributed by atoms with E-state index in [0.29, 0.717) is 25.7 Å². The molecule has 0 saturated carbocycles. The molecule has 0 aromatic heterocycles. The second-order valence-electron chi connectivity index (χ2n) is 6.15. The van der Waals surface area contributed by atoms with E-state index in [1.54, 1.807) is 9.80 Å². The van der Waals surface area contributed by atoms with Gasteiger partial charge >= 0.3 is 12.0 Å². The van der Waals surface area contributed by atoms with E-state index in [9.17, 15) is 14.7 Å². The van der Waals surface area contributed by atoms with Crippen LogP contribution in [0.25, 0.3) is 0 Å². The van der Waals surface area contributed by atoms with Crippen LogP contribution in [0.2, 0.25) is 0 Å². The maximum absolute atomic E-state index is 12.6. The zero-order chi connectivity index (χ0) is 14.9. The van der Waals surface area contributed by atoms with Crippen molar-refractivity contribution in [2.45, 2.75) is 38.8 Å². The Hall–Kier alpha value is -1.30. The monoisotopic (exact) mass is 283 g/mol. The first-order chi connectivity index (χ1) is 9.41. The number of amides is 2. The van der Waals surface area contributed by atoms with Crippen LogP contribution in [-0.4, -0.2) is 77.1 Å². The molecule has 2 heterocycles. The molecule has 0 aliphatic carbocycles. The molecule has 2 amide bonds. The van der Waals surface area contributed by atoms with Gasteiger partial charge in [-0.15, -0.1) is 0 Å². The molecule has 0 bridgehead atoms. The molecule has 0 spiro atoms. The summed E-state index contributed by atoms with van der Waals surface area (Å²) in [7, 11) is 2.05. The van der Waals surface area contributed by atoms with Crippen molar-refractivity contribution in [3.8, 4) is 0 Å². The molecule has 0 aromatic rings. The predicted octanol–water partition coefficient (Wildman–Crippen LogP) is 0.927. The minimum atomic E-state index is -0.882. The van der Waals surface area contributed by atoms with Gasteiger partial charge in [-0.05, 0) is 32.7 Å². The summed E-state index contributed by atoms with van der Waals surface area (Å²) in [4.78, 5) is 29.7. The first-order valence-corrected chi connectivity index (χ1v) is 7.40. The third-order valence-electron chi connectivity index (χ3n) is 4.66. The van der Waals surface area contributed by atoms with E-state index in [1.807, 2.05) is 6.92 Å². The van der Waals surface area contributed by atoms with E-state index in [-0.39, 0.29) is 11.9 Å². The number of carboxylic acid groups (broad SMARTS) is 1. The standard InChI is InChI=1S/C14H25N3O3/c1-10-5-4-6-17(12(10)13(18)19)14(20)16-8-7-15(3)11(2)9-16/h10-12H,4-9H2,1-3H3,(H,18,19). The van der Waals surface area contributed by atoms with Gasteiger partial charge in [0.15, 0.2) is 0 Å². The van der Waals surface area contributed by atoms with Crippen molar-refractivity contribution in [1.82, 2.24) is 14.7 Å². The number of rotatable bonds is 1. The van der Waals surface area contributed by atoms with E-state index in [1.165, 1.54) is 0 Å². The van der Waals surface area contributed by atoms with E-state index in [4.69, 9.17) is 0 Å². The lowest BCUT2D eigenvalue weighted by atomic mass is 9.91. The summed E-state index contributed by atoms with van der Waals surface area (Å²) in [5, 5.41) is 9.40. The Morgan fingerprint density at radius 1 is 1.15 bits per heavy atom. The van der Waals surface area contributed by atoms with Crippen LogP contribution in [0.3, 0.4) is 0 Å². The highest BCUT2D eigenvalue weighted by atomic mass is 16.4. The number of urea groups is 1. The summed E-state index contributed by atoms with van der Waals surface area (Å²) in [6, 6.07) is -0.465. The lowest BCUT2D eigenvalue weighted by Crippen LogP contribution is -2.60. The summed E-state index contributed by atoms with van der Waals surface area (Å²) < 4.78 is 0. The van der Waals surface area contributed by atoms with Gasteiger partial charge in [-0.2, -0.15) is 0 Å². The van der Waals surface area contributed by atoms with Crippen LogP contribution in [0.1, 0.15) is 26.7 Å². The van der Waals surface area contributed by atoms with Gasteiger partial charge in [-0.1, -0.05) is 6.92 Å². The molecule has 2 fully saturated rings. The summed E-state index contributed by atoms with van der Waals surface area (Å²) in [6.07, 6.45) is 1.76. The molecule has 3 atom stereocenters. The minimum absolute atomic E-state index is 0.0232. The fourth-order valence-electron chi connectivity index (χ4n) is 3.18. The number of aliphatic carboxylic acids is 1. The molecule has 0 radical (unpaired) electrons. The van der Waals surface area contributed by atoms with Gasteiger partial charge in [0, 0.05) is 32.2 Å². The van der Waals surface area contributed by atoms with Crippen molar-refractivity contribution in [3.05, 3.63) is 0 Å². The number of hydrogen-bond acceptors (Lipinski definition) is 3. The molecule has 1 N–H and O–H groups in total. The number of likely N-dealkylation sites (tertiary alicyclic amines) is 1. The third kappa shape index (κ3) is 2.90. The van der Waals surface area contributed by atoms with E-state index in [0.717, 1.165) is 19.4 Å². The van der Waals surface area contributed by atoms with Crippen LogP contribution in [0.5, 0.6) is 0 Å². The third-order valence-corrected chi connectivity index (χ3v) is 4.66. The maximum atomic E-state index is 12.6. The van der Waals surface area contributed by atoms with Crippen LogP contribution in [-0.2, 0) is 4.79 Å². The average molecular weight is 283 g/mol. The second kappa shape index (κ2) is 5.99. The minimum Gasteiger partial charge on any atom is -0.480 e. The highest BCUT2D eigenvalue weighted by Crippen LogP contribution is 2.25. The lowest BCUT2D eigenvalue weighted by molar-refractivity contribution is -0.145. The molecule has 2 aliphatic heterocycles. The van der Waals surface area contributed by atoms with Crippen LogP contribution >= 0.6 is 0 Å². The van der Waals surface area contributed by atoms with Crippen molar-refractivity contribution in [2.75, 3.05) is 33.2 Å². The SMILES string of the molecule is CC1CCCN(C(=O)N2CCN(C)C(C)C2)C1C(=O)O. The first kappa shape index (κ1) is 15.1. The van der Waals surface area contributed by atoms with E-state index >= 15 is 0 Å². The predicted molar refractivity (Wildman–Crippen MR) is 75.6 cm³/mol. The van der Waals surface area contributed by atoms with Gasteiger partial charge in [-0.3, -0.25) is 0 Å². The van der Waals surface area contributed by atoms with Crippen molar-refractivity contribution in [2.24, 2.45) is 5.92 Å². The van der Waals surface area contributed by atoms with Gasteiger partial charge in [0.2, 0.25) is 0 Å². The Kier molecular flexibility index (Phi) is 4.52. The lowest BCUT2D eigenvalue weighted by Gasteiger charge is -2.43. The number of piperidine rings is 1. The van der Waals surface area contributed by atoms with Gasteiger partial charge in [0.1, 0.15) is 6.04 Å². The number of piperazine rings is 1. The molecule has 3 unspecified atom stereocenters. The highest BCUT2D eigenvalue weighted by molar-refractivity contribution is 5.83. The van der Waals surface area contributed by atoms with Crippen LogP contribution < -0.4 is 0 Å². The Bertz CT molecular complexity index is 388. The topological polar surface area (TPSA) is 64.1 Å². The molecule has 2 rings (SSSR count). The van der Waals surface area contributed by atoms with E-state index in [2.05, 4.69) is 18.9 Å². The number of carbonyl (C=O) groups is 2. The smallest absolute Gasteiger partial charge is 0.326 e. The van der Waals surface area contributed by atoms with Crippen molar-refractivity contribution in [1.29, 1.82) is 0 Å². The Morgan fingerprint density at radius 3 is 2.45 bits per heavy atom. The number of carbonyl (C=O) groups excluding carboxylic acids is 1. The quantitative estimate of drug-likeness (QED) is 0.777. The fraction of sp³-hybridized carbons (Fsp3) is 0.857. The number of likely N-dealkylation sites (N-methyl/N-ethyl adjacent to an activating group) is 1. The van der Waals surface area contributed by atoms with Crippen LogP contribution in [0, 0.1) is 5.92 Å². The summed E-state index contributed by atoms with van der Waals surface area (Å²) in [6.45, 7) is 6.76. The zero-order valence-corrected chi connectivity index (χ0v) is 12.6. The Labute approximate surface area is 120 Å².